The normalized spacial score (nSPS) is 12.1. The van der Waals surface area contributed by atoms with E-state index in [4.69, 9.17) is 8.83 Å². The fraction of sp³-hybridized carbons (Fsp3) is 0. The smallest absolute Gasteiger partial charge is 0.137 e. The standard InChI is InChI=1S/C36H21NO2/c1-4-13-28-24(9-1)25-10-2-5-14-29(25)37(28)30-15-8-18-33-36(30)35-23(12-7-17-32(35)39-33)22-19-20-27-26-11-3-6-16-31(26)38-34(27)21-22/h1-21H. The Hall–Kier alpha value is -5.28. The van der Waals surface area contributed by atoms with E-state index in [1.807, 2.05) is 12.1 Å². The minimum Gasteiger partial charge on any atom is -0.456 e. The third-order valence-electron chi connectivity index (χ3n) is 8.01. The first-order valence-corrected chi connectivity index (χ1v) is 13.2. The number of nitrogens with zero attached hydrogens (tertiary/aromatic N) is 1. The van der Waals surface area contributed by atoms with Crippen molar-refractivity contribution in [3.8, 4) is 16.8 Å². The van der Waals surface area contributed by atoms with E-state index in [-0.39, 0.29) is 0 Å². The van der Waals surface area contributed by atoms with Gasteiger partial charge in [0.05, 0.1) is 22.1 Å². The fourth-order valence-electron chi connectivity index (χ4n) is 6.35. The maximum absolute atomic E-state index is 6.48. The lowest BCUT2D eigenvalue weighted by molar-refractivity contribution is 0.668. The molecule has 0 saturated heterocycles. The van der Waals surface area contributed by atoms with Crippen molar-refractivity contribution in [1.82, 2.24) is 4.57 Å². The van der Waals surface area contributed by atoms with Crippen LogP contribution in [0.15, 0.2) is 136 Å². The Bertz CT molecular complexity index is 2350. The van der Waals surface area contributed by atoms with Crippen molar-refractivity contribution in [2.75, 3.05) is 0 Å². The van der Waals surface area contributed by atoms with Crippen molar-refractivity contribution in [2.24, 2.45) is 0 Å². The Morgan fingerprint density at radius 3 is 1.79 bits per heavy atom. The first-order valence-electron chi connectivity index (χ1n) is 13.2. The van der Waals surface area contributed by atoms with Crippen molar-refractivity contribution in [1.29, 1.82) is 0 Å². The van der Waals surface area contributed by atoms with E-state index in [1.165, 1.54) is 21.8 Å². The van der Waals surface area contributed by atoms with Gasteiger partial charge in [-0.05, 0) is 59.7 Å². The summed E-state index contributed by atoms with van der Waals surface area (Å²) in [7, 11) is 0. The predicted octanol–water partition coefficient (Wildman–Crippen LogP) is 10.2. The SMILES string of the molecule is c1ccc2c(c1)oc1cc(-c3cccc4oc5cccc(-n6c7ccccc7c7ccccc76)c5c34)ccc12. The van der Waals surface area contributed by atoms with Gasteiger partial charge >= 0.3 is 0 Å². The highest BCUT2D eigenvalue weighted by Crippen LogP contribution is 2.43. The van der Waals surface area contributed by atoms with E-state index in [0.29, 0.717) is 0 Å². The molecule has 0 aliphatic heterocycles. The molecule has 39 heavy (non-hydrogen) atoms. The van der Waals surface area contributed by atoms with E-state index in [1.54, 1.807) is 0 Å². The van der Waals surface area contributed by atoms with Crippen LogP contribution in [0.3, 0.4) is 0 Å². The molecule has 0 spiro atoms. The van der Waals surface area contributed by atoms with Crippen LogP contribution >= 0.6 is 0 Å². The van der Waals surface area contributed by atoms with E-state index < -0.39 is 0 Å². The molecule has 0 fully saturated rings. The second-order valence-corrected chi connectivity index (χ2v) is 10.1. The van der Waals surface area contributed by atoms with Crippen LogP contribution in [0.4, 0.5) is 0 Å². The largest absolute Gasteiger partial charge is 0.456 e. The Kier molecular flexibility index (Phi) is 4.05. The summed E-state index contributed by atoms with van der Waals surface area (Å²) in [6.07, 6.45) is 0. The molecule has 3 heterocycles. The molecule has 0 unspecified atom stereocenters. The number of benzene rings is 6. The van der Waals surface area contributed by atoms with Gasteiger partial charge in [-0.3, -0.25) is 0 Å². The van der Waals surface area contributed by atoms with Crippen molar-refractivity contribution in [3.05, 3.63) is 127 Å². The van der Waals surface area contributed by atoms with Gasteiger partial charge in [-0.1, -0.05) is 78.9 Å². The summed E-state index contributed by atoms with van der Waals surface area (Å²) in [5.74, 6) is 0. The minimum atomic E-state index is 0.875. The van der Waals surface area contributed by atoms with Gasteiger partial charge in [0.2, 0.25) is 0 Å². The Labute approximate surface area is 223 Å². The van der Waals surface area contributed by atoms with Crippen LogP contribution in [-0.2, 0) is 0 Å². The number of aromatic nitrogens is 1. The van der Waals surface area contributed by atoms with Crippen LogP contribution < -0.4 is 0 Å². The third-order valence-corrected chi connectivity index (χ3v) is 8.01. The van der Waals surface area contributed by atoms with E-state index >= 15 is 0 Å². The van der Waals surface area contributed by atoms with Gasteiger partial charge in [0.15, 0.2) is 0 Å². The molecular formula is C36H21NO2. The number of furan rings is 2. The lowest BCUT2D eigenvalue weighted by atomic mass is 9.97. The van der Waals surface area contributed by atoms with Crippen molar-refractivity contribution in [2.45, 2.75) is 0 Å². The molecule has 9 aromatic rings. The van der Waals surface area contributed by atoms with Crippen LogP contribution in [0, 0.1) is 0 Å². The number of fused-ring (bicyclic) bond motifs is 9. The molecule has 0 aliphatic carbocycles. The summed E-state index contributed by atoms with van der Waals surface area (Å²) < 4.78 is 15.1. The summed E-state index contributed by atoms with van der Waals surface area (Å²) in [5, 5.41) is 6.98. The monoisotopic (exact) mass is 499 g/mol. The first kappa shape index (κ1) is 20.7. The third kappa shape index (κ3) is 2.82. The van der Waals surface area contributed by atoms with Crippen LogP contribution in [0.25, 0.3) is 82.5 Å². The van der Waals surface area contributed by atoms with Gasteiger partial charge in [0.25, 0.3) is 0 Å². The summed E-state index contributed by atoms with van der Waals surface area (Å²) in [4.78, 5) is 0. The maximum atomic E-state index is 6.48. The Balaban J connectivity index is 1.39. The first-order chi connectivity index (χ1) is 19.3. The van der Waals surface area contributed by atoms with E-state index in [2.05, 4.69) is 120 Å². The van der Waals surface area contributed by atoms with Crippen LogP contribution in [0.5, 0.6) is 0 Å². The number of para-hydroxylation sites is 3. The molecule has 3 heteroatoms. The maximum Gasteiger partial charge on any atom is 0.137 e. The summed E-state index contributed by atoms with van der Waals surface area (Å²) >= 11 is 0. The zero-order valence-electron chi connectivity index (χ0n) is 20.9. The number of rotatable bonds is 2. The lowest BCUT2D eigenvalue weighted by Gasteiger charge is -2.11. The molecule has 0 amide bonds. The second-order valence-electron chi connectivity index (χ2n) is 10.1. The number of hydrogen-bond donors (Lipinski definition) is 0. The topological polar surface area (TPSA) is 31.2 Å². The van der Waals surface area contributed by atoms with Gasteiger partial charge in [0, 0.05) is 26.9 Å². The number of hydrogen-bond acceptors (Lipinski definition) is 2. The van der Waals surface area contributed by atoms with Gasteiger partial charge < -0.3 is 13.4 Å². The highest BCUT2D eigenvalue weighted by molar-refractivity contribution is 6.18. The molecule has 3 aromatic heterocycles. The predicted molar refractivity (Wildman–Crippen MR) is 161 cm³/mol. The second kappa shape index (κ2) is 7.62. The van der Waals surface area contributed by atoms with Crippen molar-refractivity contribution < 1.29 is 8.83 Å². The minimum absolute atomic E-state index is 0.875. The molecule has 0 N–H and O–H groups in total. The molecule has 0 bridgehead atoms. The Morgan fingerprint density at radius 1 is 0.410 bits per heavy atom. The molecule has 6 aromatic carbocycles. The molecule has 3 nitrogen and oxygen atoms in total. The molecule has 0 aliphatic rings. The average molecular weight is 500 g/mol. The van der Waals surface area contributed by atoms with E-state index in [9.17, 15) is 0 Å². The summed E-state index contributed by atoms with van der Waals surface area (Å²) in [6, 6.07) is 44.7. The molecule has 0 atom stereocenters. The van der Waals surface area contributed by atoms with Crippen LogP contribution in [0.2, 0.25) is 0 Å². The zero-order valence-corrected chi connectivity index (χ0v) is 20.9. The molecule has 0 saturated carbocycles. The van der Waals surface area contributed by atoms with Gasteiger partial charge in [-0.15, -0.1) is 0 Å². The van der Waals surface area contributed by atoms with Crippen LogP contribution in [0.1, 0.15) is 0 Å². The summed E-state index contributed by atoms with van der Waals surface area (Å²) in [5.41, 5.74) is 9.26. The molecule has 182 valence electrons. The summed E-state index contributed by atoms with van der Waals surface area (Å²) in [6.45, 7) is 0. The average Bonchev–Trinajstić information content (AvgIpc) is 3.66. The zero-order chi connectivity index (χ0) is 25.5. The molecular weight excluding hydrogens is 478 g/mol. The van der Waals surface area contributed by atoms with Gasteiger partial charge in [-0.2, -0.15) is 0 Å². The Morgan fingerprint density at radius 2 is 1.00 bits per heavy atom. The molecule has 9 rings (SSSR count). The molecule has 0 radical (unpaired) electrons. The van der Waals surface area contributed by atoms with Crippen LogP contribution in [-0.4, -0.2) is 4.57 Å². The lowest BCUT2D eigenvalue weighted by Crippen LogP contribution is -1.94. The highest BCUT2D eigenvalue weighted by atomic mass is 16.3. The van der Waals surface area contributed by atoms with Gasteiger partial charge in [-0.25, -0.2) is 0 Å². The van der Waals surface area contributed by atoms with Crippen molar-refractivity contribution in [3.63, 3.8) is 0 Å². The van der Waals surface area contributed by atoms with Crippen molar-refractivity contribution >= 4 is 65.7 Å². The quantitative estimate of drug-likeness (QED) is 0.237. The highest BCUT2D eigenvalue weighted by Gasteiger charge is 2.20. The van der Waals surface area contributed by atoms with E-state index in [0.717, 1.165) is 60.7 Å². The fourth-order valence-corrected chi connectivity index (χ4v) is 6.35. The van der Waals surface area contributed by atoms with Gasteiger partial charge in [0.1, 0.15) is 22.3 Å².